The van der Waals surface area contributed by atoms with Crippen LogP contribution in [0.15, 0.2) is 31.2 Å². The van der Waals surface area contributed by atoms with Crippen molar-refractivity contribution in [2.24, 2.45) is 5.92 Å². The zero-order valence-electron chi connectivity index (χ0n) is 15.2. The fourth-order valence-electron chi connectivity index (χ4n) is 2.68. The van der Waals surface area contributed by atoms with Crippen LogP contribution in [0.5, 0.6) is 0 Å². The zero-order chi connectivity index (χ0) is 17.9. The molecule has 0 bridgehead atoms. The van der Waals surface area contributed by atoms with Gasteiger partial charge in [0.05, 0.1) is 24.6 Å². The molecule has 6 nitrogen and oxygen atoms in total. The average molecular weight is 329 g/mol. The highest BCUT2D eigenvalue weighted by Gasteiger charge is 2.19. The standard InChI is InChI=1S/C18H27N5O/c1-7-18(24)22(17-9-19-21(12-17)10-13(2)3)11-16-8-20-23(14(4)5)15(16)6/h7-9,12-14H,1,10-11H2,2-6H3. The minimum atomic E-state index is -0.143. The third-order valence-electron chi connectivity index (χ3n) is 3.89. The first kappa shape index (κ1) is 18.0. The Labute approximate surface area is 143 Å². The molecule has 1 amide bonds. The summed E-state index contributed by atoms with van der Waals surface area (Å²) in [5.41, 5.74) is 2.87. The molecule has 0 aliphatic rings. The molecule has 2 aromatic rings. The molecular formula is C18H27N5O. The summed E-state index contributed by atoms with van der Waals surface area (Å²) in [6.45, 7) is 15.4. The van der Waals surface area contributed by atoms with Crippen molar-refractivity contribution in [3.05, 3.63) is 42.5 Å². The van der Waals surface area contributed by atoms with Crippen molar-refractivity contribution < 1.29 is 4.79 Å². The van der Waals surface area contributed by atoms with E-state index in [1.807, 2.05) is 28.7 Å². The van der Waals surface area contributed by atoms with Gasteiger partial charge in [-0.05, 0) is 32.8 Å². The predicted molar refractivity (Wildman–Crippen MR) is 95.8 cm³/mol. The van der Waals surface area contributed by atoms with Gasteiger partial charge in [-0.15, -0.1) is 0 Å². The van der Waals surface area contributed by atoms with Gasteiger partial charge in [0.15, 0.2) is 0 Å². The molecule has 6 heteroatoms. The molecule has 0 aliphatic heterocycles. The maximum Gasteiger partial charge on any atom is 0.250 e. The largest absolute Gasteiger partial charge is 0.301 e. The number of amides is 1. The zero-order valence-corrected chi connectivity index (χ0v) is 15.2. The average Bonchev–Trinajstić information content (AvgIpc) is 3.10. The van der Waals surface area contributed by atoms with Crippen molar-refractivity contribution in [2.45, 2.75) is 53.8 Å². The van der Waals surface area contributed by atoms with E-state index in [0.29, 0.717) is 12.5 Å². The van der Waals surface area contributed by atoms with Gasteiger partial charge in [-0.3, -0.25) is 14.2 Å². The van der Waals surface area contributed by atoms with Crippen molar-refractivity contribution in [2.75, 3.05) is 4.90 Å². The van der Waals surface area contributed by atoms with E-state index in [1.165, 1.54) is 6.08 Å². The van der Waals surface area contributed by atoms with E-state index in [1.54, 1.807) is 11.1 Å². The number of hydrogen-bond acceptors (Lipinski definition) is 3. The molecule has 0 saturated carbocycles. The van der Waals surface area contributed by atoms with Gasteiger partial charge in [0.25, 0.3) is 5.91 Å². The summed E-state index contributed by atoms with van der Waals surface area (Å²) < 4.78 is 3.84. The number of rotatable bonds is 7. The number of hydrogen-bond donors (Lipinski definition) is 0. The van der Waals surface area contributed by atoms with E-state index in [-0.39, 0.29) is 11.9 Å². The Hall–Kier alpha value is -2.37. The second-order valence-electron chi connectivity index (χ2n) is 6.74. The van der Waals surface area contributed by atoms with Gasteiger partial charge in [-0.25, -0.2) is 0 Å². The molecule has 0 unspecified atom stereocenters. The van der Waals surface area contributed by atoms with Gasteiger partial charge in [-0.2, -0.15) is 10.2 Å². The maximum atomic E-state index is 12.3. The lowest BCUT2D eigenvalue weighted by atomic mass is 10.2. The summed E-state index contributed by atoms with van der Waals surface area (Å²) in [4.78, 5) is 14.0. The molecule has 24 heavy (non-hydrogen) atoms. The minimum Gasteiger partial charge on any atom is -0.301 e. The second-order valence-corrected chi connectivity index (χ2v) is 6.74. The summed E-state index contributed by atoms with van der Waals surface area (Å²) in [5.74, 6) is 0.351. The molecule has 0 aliphatic carbocycles. The van der Waals surface area contributed by atoms with Crippen LogP contribution in [-0.4, -0.2) is 25.5 Å². The van der Waals surface area contributed by atoms with Gasteiger partial charge in [-0.1, -0.05) is 20.4 Å². The Balaban J connectivity index is 2.28. The van der Waals surface area contributed by atoms with Crippen molar-refractivity contribution in [1.29, 1.82) is 0 Å². The number of carbonyl (C=O) groups excluding carboxylic acids is 1. The quantitative estimate of drug-likeness (QED) is 0.732. The van der Waals surface area contributed by atoms with Crippen LogP contribution in [0.2, 0.25) is 0 Å². The molecule has 130 valence electrons. The van der Waals surface area contributed by atoms with Crippen LogP contribution in [0.4, 0.5) is 5.69 Å². The smallest absolute Gasteiger partial charge is 0.250 e. The second kappa shape index (κ2) is 7.47. The lowest BCUT2D eigenvalue weighted by Crippen LogP contribution is -2.28. The van der Waals surface area contributed by atoms with E-state index < -0.39 is 0 Å². The van der Waals surface area contributed by atoms with Crippen LogP contribution in [0, 0.1) is 12.8 Å². The Morgan fingerprint density at radius 1 is 1.29 bits per heavy atom. The van der Waals surface area contributed by atoms with Gasteiger partial charge in [0, 0.05) is 30.0 Å². The normalized spacial score (nSPS) is 11.3. The van der Waals surface area contributed by atoms with Gasteiger partial charge < -0.3 is 4.90 Å². The highest BCUT2D eigenvalue weighted by atomic mass is 16.2. The number of carbonyl (C=O) groups is 1. The topological polar surface area (TPSA) is 56.0 Å². The van der Waals surface area contributed by atoms with E-state index >= 15 is 0 Å². The Kier molecular flexibility index (Phi) is 5.59. The monoisotopic (exact) mass is 329 g/mol. The van der Waals surface area contributed by atoms with Crippen molar-refractivity contribution in [3.8, 4) is 0 Å². The van der Waals surface area contributed by atoms with Crippen LogP contribution in [0.25, 0.3) is 0 Å². The van der Waals surface area contributed by atoms with Gasteiger partial charge >= 0.3 is 0 Å². The van der Waals surface area contributed by atoms with Crippen molar-refractivity contribution in [3.63, 3.8) is 0 Å². The van der Waals surface area contributed by atoms with Crippen molar-refractivity contribution in [1.82, 2.24) is 19.6 Å². The minimum absolute atomic E-state index is 0.143. The van der Waals surface area contributed by atoms with Crippen LogP contribution < -0.4 is 4.90 Å². The van der Waals surface area contributed by atoms with E-state index in [4.69, 9.17) is 0 Å². The molecular weight excluding hydrogens is 302 g/mol. The lowest BCUT2D eigenvalue weighted by Gasteiger charge is -2.19. The number of anilines is 1. The van der Waals surface area contributed by atoms with Crippen LogP contribution in [-0.2, 0) is 17.9 Å². The Morgan fingerprint density at radius 3 is 2.54 bits per heavy atom. The summed E-state index contributed by atoms with van der Waals surface area (Å²) in [7, 11) is 0. The molecule has 0 fully saturated rings. The van der Waals surface area contributed by atoms with Crippen LogP contribution in [0.1, 0.15) is 45.0 Å². The number of nitrogens with zero attached hydrogens (tertiary/aromatic N) is 5. The number of aromatic nitrogens is 4. The molecule has 2 heterocycles. The lowest BCUT2D eigenvalue weighted by molar-refractivity contribution is -0.114. The molecule has 2 rings (SSSR count). The summed E-state index contributed by atoms with van der Waals surface area (Å²) in [5, 5.41) is 8.78. The first-order valence-corrected chi connectivity index (χ1v) is 8.32. The Bertz CT molecular complexity index is 711. The van der Waals surface area contributed by atoms with Crippen molar-refractivity contribution >= 4 is 11.6 Å². The molecule has 0 aromatic carbocycles. The summed E-state index contributed by atoms with van der Waals surface area (Å²) >= 11 is 0. The van der Waals surface area contributed by atoms with Gasteiger partial charge in [0.2, 0.25) is 0 Å². The first-order valence-electron chi connectivity index (χ1n) is 8.32. The molecule has 0 spiro atoms. The summed E-state index contributed by atoms with van der Waals surface area (Å²) in [6, 6.07) is 0.288. The van der Waals surface area contributed by atoms with E-state index in [0.717, 1.165) is 23.5 Å². The molecule has 0 N–H and O–H groups in total. The van der Waals surface area contributed by atoms with E-state index in [2.05, 4.69) is 44.5 Å². The predicted octanol–water partition coefficient (Wildman–Crippen LogP) is 3.34. The highest BCUT2D eigenvalue weighted by Crippen LogP contribution is 2.20. The van der Waals surface area contributed by atoms with Crippen LogP contribution in [0.3, 0.4) is 0 Å². The third kappa shape index (κ3) is 3.93. The SMILES string of the molecule is C=CC(=O)N(Cc1cnn(C(C)C)c1C)c1cnn(CC(C)C)c1. The highest BCUT2D eigenvalue weighted by molar-refractivity contribution is 6.00. The fourth-order valence-corrected chi connectivity index (χ4v) is 2.68. The maximum absolute atomic E-state index is 12.3. The Morgan fingerprint density at radius 2 is 2.00 bits per heavy atom. The molecule has 0 radical (unpaired) electrons. The molecule has 0 saturated heterocycles. The first-order chi connectivity index (χ1) is 11.3. The third-order valence-corrected chi connectivity index (χ3v) is 3.89. The van der Waals surface area contributed by atoms with Crippen LogP contribution >= 0.6 is 0 Å². The molecule has 2 aromatic heterocycles. The fraction of sp³-hybridized carbons (Fsp3) is 0.500. The van der Waals surface area contributed by atoms with E-state index in [9.17, 15) is 4.79 Å². The molecule has 0 atom stereocenters. The summed E-state index contributed by atoms with van der Waals surface area (Å²) in [6.07, 6.45) is 6.80. The van der Waals surface area contributed by atoms with Gasteiger partial charge in [0.1, 0.15) is 0 Å².